The van der Waals surface area contributed by atoms with Gasteiger partial charge in [0.25, 0.3) is 0 Å². The zero-order valence-corrected chi connectivity index (χ0v) is 9.62. The van der Waals surface area contributed by atoms with Gasteiger partial charge in [-0.1, -0.05) is 0 Å². The molecule has 1 unspecified atom stereocenters. The van der Waals surface area contributed by atoms with E-state index in [0.717, 1.165) is 34.2 Å². The molecule has 0 saturated carbocycles. The van der Waals surface area contributed by atoms with Crippen molar-refractivity contribution in [2.24, 2.45) is 5.73 Å². The van der Waals surface area contributed by atoms with Crippen molar-refractivity contribution in [1.82, 2.24) is 4.98 Å². The number of benzene rings is 1. The van der Waals surface area contributed by atoms with Crippen LogP contribution in [-0.4, -0.2) is 17.6 Å². The molecule has 1 aliphatic rings. The normalized spacial score (nSPS) is 18.8. The molecule has 0 radical (unpaired) electrons. The Bertz CT molecular complexity index is 646. The van der Waals surface area contributed by atoms with Crippen molar-refractivity contribution in [2.75, 3.05) is 6.61 Å². The number of ether oxygens (including phenoxy) is 1. The van der Waals surface area contributed by atoms with Crippen LogP contribution in [0.25, 0.3) is 10.9 Å². The fraction of sp³-hybridized carbons (Fsp3) is 0.308. The van der Waals surface area contributed by atoms with E-state index in [1.165, 1.54) is 6.07 Å². The van der Waals surface area contributed by atoms with E-state index in [2.05, 4.69) is 4.98 Å². The zero-order chi connectivity index (χ0) is 12.0. The minimum absolute atomic E-state index is 0.0575. The summed E-state index contributed by atoms with van der Waals surface area (Å²) in [4.78, 5) is 14.2. The maximum atomic E-state index is 11.3. The maximum Gasteiger partial charge on any atom is 0.248 e. The molecular formula is C13H14N2O2. The van der Waals surface area contributed by atoms with Crippen molar-refractivity contribution >= 4 is 10.9 Å². The van der Waals surface area contributed by atoms with Crippen LogP contribution < -0.4 is 16.0 Å². The lowest BCUT2D eigenvalue weighted by Crippen LogP contribution is -2.34. The van der Waals surface area contributed by atoms with Crippen LogP contribution in [0.4, 0.5) is 0 Å². The second kappa shape index (κ2) is 3.60. The molecule has 0 bridgehead atoms. The third-order valence-electron chi connectivity index (χ3n) is 3.21. The van der Waals surface area contributed by atoms with E-state index < -0.39 is 0 Å². The second-order valence-corrected chi connectivity index (χ2v) is 4.55. The number of pyridine rings is 1. The van der Waals surface area contributed by atoms with Gasteiger partial charge in [-0.2, -0.15) is 0 Å². The topological polar surface area (TPSA) is 68.1 Å². The summed E-state index contributed by atoms with van der Waals surface area (Å²) in [6, 6.07) is 5.48. The second-order valence-electron chi connectivity index (χ2n) is 4.55. The molecule has 0 saturated heterocycles. The summed E-state index contributed by atoms with van der Waals surface area (Å²) in [5, 5.41) is 1.03. The van der Waals surface area contributed by atoms with Gasteiger partial charge in [0.1, 0.15) is 12.4 Å². The minimum atomic E-state index is -0.0898. The van der Waals surface area contributed by atoms with E-state index in [1.807, 2.05) is 19.1 Å². The fourth-order valence-corrected chi connectivity index (χ4v) is 2.41. The smallest absolute Gasteiger partial charge is 0.248 e. The van der Waals surface area contributed by atoms with Gasteiger partial charge in [0.05, 0.1) is 5.52 Å². The molecule has 2 aromatic rings. The van der Waals surface area contributed by atoms with Crippen molar-refractivity contribution in [1.29, 1.82) is 0 Å². The van der Waals surface area contributed by atoms with Gasteiger partial charge in [0.2, 0.25) is 5.56 Å². The maximum absolute atomic E-state index is 11.3. The van der Waals surface area contributed by atoms with E-state index in [0.29, 0.717) is 6.61 Å². The third kappa shape index (κ3) is 1.61. The lowest BCUT2D eigenvalue weighted by atomic mass is 9.97. The summed E-state index contributed by atoms with van der Waals surface area (Å²) in [7, 11) is 0. The summed E-state index contributed by atoms with van der Waals surface area (Å²) < 4.78 is 5.67. The highest BCUT2D eigenvalue weighted by atomic mass is 16.5. The zero-order valence-electron chi connectivity index (χ0n) is 9.62. The van der Waals surface area contributed by atoms with E-state index in [1.54, 1.807) is 0 Å². The molecule has 0 amide bonds. The molecule has 4 heteroatoms. The standard InChI is InChI=1S/C13H14N2O2/c1-7-12-8(2-3-11(16)15-12)4-9-5-10(14)6-17-13(7)9/h2-4,10H,5-6,14H2,1H3,(H,15,16). The van der Waals surface area contributed by atoms with Gasteiger partial charge in [-0.25, -0.2) is 0 Å². The van der Waals surface area contributed by atoms with Crippen molar-refractivity contribution in [3.05, 3.63) is 39.7 Å². The van der Waals surface area contributed by atoms with Gasteiger partial charge < -0.3 is 15.5 Å². The van der Waals surface area contributed by atoms with Gasteiger partial charge in [-0.05, 0) is 36.4 Å². The van der Waals surface area contributed by atoms with Crippen LogP contribution in [0.5, 0.6) is 5.75 Å². The van der Waals surface area contributed by atoms with Crippen LogP contribution in [0, 0.1) is 6.92 Å². The number of rotatable bonds is 0. The number of fused-ring (bicyclic) bond motifs is 2. The molecular weight excluding hydrogens is 216 g/mol. The van der Waals surface area contributed by atoms with Crippen LogP contribution >= 0.6 is 0 Å². The summed E-state index contributed by atoms with van der Waals surface area (Å²) in [6.07, 6.45) is 0.825. The quantitative estimate of drug-likeness (QED) is 0.712. The number of nitrogens with two attached hydrogens (primary N) is 1. The molecule has 1 aromatic carbocycles. The highest BCUT2D eigenvalue weighted by Crippen LogP contribution is 2.33. The van der Waals surface area contributed by atoms with Crippen LogP contribution in [0.3, 0.4) is 0 Å². The Kier molecular flexibility index (Phi) is 2.19. The number of nitrogens with one attached hydrogen (secondary N) is 1. The molecule has 1 aliphatic heterocycles. The lowest BCUT2D eigenvalue weighted by molar-refractivity contribution is 0.262. The Morgan fingerprint density at radius 1 is 1.47 bits per heavy atom. The van der Waals surface area contributed by atoms with E-state index in [4.69, 9.17) is 10.5 Å². The molecule has 88 valence electrons. The van der Waals surface area contributed by atoms with Crippen LogP contribution in [-0.2, 0) is 6.42 Å². The Labute approximate surface area is 98.4 Å². The van der Waals surface area contributed by atoms with Gasteiger partial charge in [-0.15, -0.1) is 0 Å². The molecule has 4 nitrogen and oxygen atoms in total. The first-order valence-corrected chi connectivity index (χ1v) is 5.69. The molecule has 1 aromatic heterocycles. The molecule has 3 N–H and O–H groups in total. The van der Waals surface area contributed by atoms with Gasteiger partial charge in [-0.3, -0.25) is 4.79 Å². The lowest BCUT2D eigenvalue weighted by Gasteiger charge is -2.24. The van der Waals surface area contributed by atoms with Gasteiger partial charge in [0.15, 0.2) is 0 Å². The minimum Gasteiger partial charge on any atom is -0.491 e. The Morgan fingerprint density at radius 3 is 3.12 bits per heavy atom. The van der Waals surface area contributed by atoms with Crippen LogP contribution in [0.2, 0.25) is 0 Å². The molecule has 0 aliphatic carbocycles. The van der Waals surface area contributed by atoms with Crippen molar-refractivity contribution in [3.63, 3.8) is 0 Å². The Balaban J connectivity index is 2.32. The first-order chi connectivity index (χ1) is 8.15. The first-order valence-electron chi connectivity index (χ1n) is 5.69. The number of aromatic nitrogens is 1. The van der Waals surface area contributed by atoms with E-state index in [-0.39, 0.29) is 11.6 Å². The highest BCUT2D eigenvalue weighted by molar-refractivity contribution is 5.85. The number of hydrogen-bond donors (Lipinski definition) is 2. The predicted molar refractivity (Wildman–Crippen MR) is 66.5 cm³/mol. The Morgan fingerprint density at radius 2 is 2.29 bits per heavy atom. The number of hydrogen-bond acceptors (Lipinski definition) is 3. The van der Waals surface area contributed by atoms with Gasteiger partial charge >= 0.3 is 0 Å². The number of aromatic amines is 1. The van der Waals surface area contributed by atoms with Crippen LogP contribution in [0.1, 0.15) is 11.1 Å². The predicted octanol–water partition coefficient (Wildman–Crippen LogP) is 1.10. The molecule has 0 fully saturated rings. The molecule has 3 rings (SSSR count). The average molecular weight is 230 g/mol. The molecule has 0 spiro atoms. The first kappa shape index (κ1) is 10.4. The fourth-order valence-electron chi connectivity index (χ4n) is 2.41. The average Bonchev–Trinajstić information content (AvgIpc) is 2.30. The van der Waals surface area contributed by atoms with E-state index >= 15 is 0 Å². The number of aryl methyl sites for hydroxylation is 1. The summed E-state index contributed by atoms with van der Waals surface area (Å²) in [5.74, 6) is 0.876. The Hall–Kier alpha value is -1.81. The highest BCUT2D eigenvalue weighted by Gasteiger charge is 2.20. The number of H-pyrrole nitrogens is 1. The molecule has 17 heavy (non-hydrogen) atoms. The van der Waals surface area contributed by atoms with Gasteiger partial charge in [0, 0.05) is 17.7 Å². The monoisotopic (exact) mass is 230 g/mol. The third-order valence-corrected chi connectivity index (χ3v) is 3.21. The molecule has 1 atom stereocenters. The van der Waals surface area contributed by atoms with Crippen molar-refractivity contribution in [3.8, 4) is 5.75 Å². The summed E-state index contributed by atoms with van der Waals surface area (Å²) in [5.41, 5.74) is 8.76. The SMILES string of the molecule is Cc1c2c(cc3ccc(=O)[nH]c13)CC(N)CO2. The molecule has 2 heterocycles. The summed E-state index contributed by atoms with van der Waals surface area (Å²) in [6.45, 7) is 2.50. The van der Waals surface area contributed by atoms with Crippen molar-refractivity contribution < 1.29 is 4.74 Å². The van der Waals surface area contributed by atoms with Crippen molar-refractivity contribution in [2.45, 2.75) is 19.4 Å². The largest absolute Gasteiger partial charge is 0.491 e. The summed E-state index contributed by atoms with van der Waals surface area (Å²) >= 11 is 0. The van der Waals surface area contributed by atoms with E-state index in [9.17, 15) is 4.79 Å². The van der Waals surface area contributed by atoms with Crippen LogP contribution in [0.15, 0.2) is 23.0 Å².